The van der Waals surface area contributed by atoms with E-state index < -0.39 is 97.5 Å². The van der Waals surface area contributed by atoms with Gasteiger partial charge in [0.25, 0.3) is 0 Å². The topological polar surface area (TPSA) is 237 Å². The van der Waals surface area contributed by atoms with Gasteiger partial charge in [0.05, 0.1) is 26.4 Å². The van der Waals surface area contributed by atoms with Crippen LogP contribution in [0.1, 0.15) is 402 Å². The zero-order valence-electron chi connectivity index (χ0n) is 63.5. The lowest BCUT2D eigenvalue weighted by Gasteiger charge is -2.21. The fourth-order valence-corrected chi connectivity index (χ4v) is 13.5. The van der Waals surface area contributed by atoms with Gasteiger partial charge in [0.1, 0.15) is 19.3 Å². The Balaban J connectivity index is 5.12. The van der Waals surface area contributed by atoms with Gasteiger partial charge in [-0.1, -0.05) is 350 Å². The number of hydrogen-bond donors (Lipinski definition) is 3. The zero-order valence-corrected chi connectivity index (χ0v) is 65.3. The van der Waals surface area contributed by atoms with Crippen LogP contribution in [-0.2, 0) is 65.4 Å². The van der Waals surface area contributed by atoms with Crippen molar-refractivity contribution >= 4 is 39.5 Å². The quantitative estimate of drug-likeness (QED) is 0.0222. The molecule has 4 unspecified atom stereocenters. The van der Waals surface area contributed by atoms with E-state index in [0.717, 1.165) is 114 Å². The van der Waals surface area contributed by atoms with Gasteiger partial charge >= 0.3 is 39.5 Å². The highest BCUT2D eigenvalue weighted by Gasteiger charge is 2.30. The Labute approximate surface area is 594 Å². The lowest BCUT2D eigenvalue weighted by atomic mass is 9.99. The van der Waals surface area contributed by atoms with Crippen molar-refractivity contribution in [2.24, 2.45) is 17.8 Å². The van der Waals surface area contributed by atoms with E-state index in [1.165, 1.54) is 205 Å². The summed E-state index contributed by atoms with van der Waals surface area (Å²) in [6.07, 6.45) is 56.0. The summed E-state index contributed by atoms with van der Waals surface area (Å²) in [4.78, 5) is 72.6. The minimum atomic E-state index is -4.96. The fourth-order valence-electron chi connectivity index (χ4n) is 11.9. The molecule has 0 aromatic rings. The summed E-state index contributed by atoms with van der Waals surface area (Å²) >= 11 is 0. The van der Waals surface area contributed by atoms with Crippen LogP contribution in [-0.4, -0.2) is 96.7 Å². The molecule has 0 saturated carbocycles. The summed E-state index contributed by atoms with van der Waals surface area (Å²) in [7, 11) is -9.90. The Morgan fingerprint density at radius 1 is 0.299 bits per heavy atom. The number of aliphatic hydroxyl groups is 1. The molecular weight excluding hydrogens is 1270 g/mol. The molecule has 0 spiro atoms. The molecule has 0 amide bonds. The number of unbranched alkanes of at least 4 members (excludes halogenated alkanes) is 42. The fraction of sp³-hybridized carbons (Fsp3) is 0.949. The van der Waals surface area contributed by atoms with Crippen molar-refractivity contribution in [3.05, 3.63) is 0 Å². The van der Waals surface area contributed by atoms with Crippen LogP contribution < -0.4 is 0 Å². The average Bonchev–Trinajstić information content (AvgIpc) is 1.94. The van der Waals surface area contributed by atoms with Gasteiger partial charge in [-0.05, 0) is 43.4 Å². The molecule has 17 nitrogen and oxygen atoms in total. The van der Waals surface area contributed by atoms with Crippen LogP contribution in [0.25, 0.3) is 0 Å². The number of carbonyl (C=O) groups excluding carboxylic acids is 4. The van der Waals surface area contributed by atoms with Crippen LogP contribution in [0.15, 0.2) is 0 Å². The van der Waals surface area contributed by atoms with Gasteiger partial charge in [0, 0.05) is 25.7 Å². The van der Waals surface area contributed by atoms with E-state index in [1.54, 1.807) is 0 Å². The summed E-state index contributed by atoms with van der Waals surface area (Å²) in [6, 6.07) is 0. The van der Waals surface area contributed by atoms with Crippen molar-refractivity contribution < 1.29 is 80.2 Å². The second-order valence-electron chi connectivity index (χ2n) is 29.1. The second kappa shape index (κ2) is 68.5. The van der Waals surface area contributed by atoms with Crippen molar-refractivity contribution in [2.45, 2.75) is 420 Å². The van der Waals surface area contributed by atoms with Gasteiger partial charge in [-0.3, -0.25) is 37.3 Å². The van der Waals surface area contributed by atoms with Gasteiger partial charge in [-0.2, -0.15) is 0 Å². The molecule has 0 aliphatic rings. The number of phosphoric acid groups is 2. The first-order valence-corrected chi connectivity index (χ1v) is 43.4. The highest BCUT2D eigenvalue weighted by atomic mass is 31.2. The first-order valence-electron chi connectivity index (χ1n) is 40.4. The number of carbonyl (C=O) groups is 4. The number of rotatable bonds is 76. The molecule has 0 aromatic carbocycles. The number of phosphoric ester groups is 2. The molecule has 0 aliphatic carbocycles. The predicted molar refractivity (Wildman–Crippen MR) is 395 cm³/mol. The first-order chi connectivity index (χ1) is 46.8. The molecule has 3 N–H and O–H groups in total. The molecule has 0 saturated heterocycles. The SMILES string of the molecule is CCCCCCCC(=O)OC[C@H](COP(=O)(O)OC[C@H](O)COP(=O)(O)OC[C@@H](COC(=O)CCCCCCCCCCCCCCCCCC(C)C)OC(=O)CCCCCCCCCCCCCCCCCCCCC(C)CC)OC(=O)CCCCCCCCCCC(C)CC. The number of ether oxygens (including phenoxy) is 4. The van der Waals surface area contributed by atoms with Crippen LogP contribution in [0.3, 0.4) is 0 Å². The smallest absolute Gasteiger partial charge is 0.462 e. The third-order valence-electron chi connectivity index (χ3n) is 18.9. The summed E-state index contributed by atoms with van der Waals surface area (Å²) in [5, 5.41) is 10.6. The van der Waals surface area contributed by atoms with Crippen molar-refractivity contribution in [1.29, 1.82) is 0 Å². The zero-order chi connectivity index (χ0) is 71.6. The molecule has 97 heavy (non-hydrogen) atoms. The molecule has 7 atom stereocenters. The minimum absolute atomic E-state index is 0.104. The van der Waals surface area contributed by atoms with Gasteiger partial charge in [0.2, 0.25) is 0 Å². The highest BCUT2D eigenvalue weighted by Crippen LogP contribution is 2.45. The lowest BCUT2D eigenvalue weighted by Crippen LogP contribution is -2.30. The maximum Gasteiger partial charge on any atom is 0.472 e. The summed E-state index contributed by atoms with van der Waals surface area (Å²) in [5.41, 5.74) is 0. The molecule has 0 aromatic heterocycles. The Hall–Kier alpha value is -1.94. The number of esters is 4. The molecule has 19 heteroatoms. The molecule has 0 heterocycles. The first kappa shape index (κ1) is 95.1. The van der Waals surface area contributed by atoms with Gasteiger partial charge in [-0.25, -0.2) is 9.13 Å². The Kier molecular flexibility index (Phi) is 67.1. The van der Waals surface area contributed by atoms with Crippen LogP contribution in [0.4, 0.5) is 0 Å². The van der Waals surface area contributed by atoms with Crippen molar-refractivity contribution in [1.82, 2.24) is 0 Å². The van der Waals surface area contributed by atoms with Crippen LogP contribution >= 0.6 is 15.6 Å². The van der Waals surface area contributed by atoms with Crippen molar-refractivity contribution in [3.63, 3.8) is 0 Å². The molecule has 0 aliphatic heterocycles. The van der Waals surface area contributed by atoms with E-state index in [4.69, 9.17) is 37.0 Å². The van der Waals surface area contributed by atoms with Crippen LogP contribution in [0.2, 0.25) is 0 Å². The minimum Gasteiger partial charge on any atom is -0.462 e. The van der Waals surface area contributed by atoms with Crippen molar-refractivity contribution in [2.75, 3.05) is 39.6 Å². The standard InChI is InChI=1S/C78H152O17P2/c1-8-11-12-42-52-59-75(80)88-65-73(94-78(83)62-55-48-41-35-34-38-45-51-58-71(7)10-3)67-92-96(84,85)90-63-72(79)64-91-97(86,87)93-68-74(66-89-76(81)60-53-46-39-32-28-24-21-17-18-22-26-30-36-43-49-56-69(4)5)95-77(82)61-54-47-40-33-29-25-20-16-14-13-15-19-23-27-31-37-44-50-57-70(6)9-2/h69-74,79H,8-68H2,1-7H3,(H,84,85)(H,86,87)/t70?,71?,72-,73+,74+/m0/s1. The van der Waals surface area contributed by atoms with Crippen LogP contribution in [0, 0.1) is 17.8 Å². The maximum absolute atomic E-state index is 13.1. The predicted octanol–water partition coefficient (Wildman–Crippen LogP) is 23.0. The van der Waals surface area contributed by atoms with E-state index in [1.807, 2.05) is 0 Å². The van der Waals surface area contributed by atoms with Gasteiger partial charge in [0.15, 0.2) is 12.2 Å². The highest BCUT2D eigenvalue weighted by molar-refractivity contribution is 7.47. The van der Waals surface area contributed by atoms with Crippen molar-refractivity contribution in [3.8, 4) is 0 Å². The van der Waals surface area contributed by atoms with E-state index in [0.29, 0.717) is 25.7 Å². The molecule has 0 fully saturated rings. The largest absolute Gasteiger partial charge is 0.472 e. The Morgan fingerprint density at radius 3 is 0.784 bits per heavy atom. The van der Waals surface area contributed by atoms with E-state index in [9.17, 15) is 43.2 Å². The molecule has 0 bridgehead atoms. The summed E-state index contributed by atoms with van der Waals surface area (Å²) < 4.78 is 68.3. The molecule has 0 radical (unpaired) electrons. The lowest BCUT2D eigenvalue weighted by molar-refractivity contribution is -0.161. The van der Waals surface area contributed by atoms with Crippen LogP contribution in [0.5, 0.6) is 0 Å². The van der Waals surface area contributed by atoms with Gasteiger partial charge < -0.3 is 33.8 Å². The molecule has 576 valence electrons. The normalized spacial score (nSPS) is 14.6. The maximum atomic E-state index is 13.1. The van der Waals surface area contributed by atoms with Gasteiger partial charge in [-0.15, -0.1) is 0 Å². The second-order valence-corrected chi connectivity index (χ2v) is 32.0. The molecule has 0 rings (SSSR count). The summed E-state index contributed by atoms with van der Waals surface area (Å²) in [5.74, 6) is 0.319. The number of aliphatic hydroxyl groups excluding tert-OH is 1. The molecular formula is C78H152O17P2. The average molecular weight is 1420 g/mol. The summed E-state index contributed by atoms with van der Waals surface area (Å²) in [6.45, 7) is 11.9. The number of hydrogen-bond acceptors (Lipinski definition) is 15. The third kappa shape index (κ3) is 69.5. The monoisotopic (exact) mass is 1420 g/mol. The third-order valence-corrected chi connectivity index (χ3v) is 20.8. The Morgan fingerprint density at radius 2 is 0.526 bits per heavy atom. The Bertz CT molecular complexity index is 1890. The van der Waals surface area contributed by atoms with E-state index in [2.05, 4.69) is 48.5 Å². The van der Waals surface area contributed by atoms with E-state index in [-0.39, 0.29) is 25.7 Å². The van der Waals surface area contributed by atoms with E-state index >= 15 is 0 Å².